The summed E-state index contributed by atoms with van der Waals surface area (Å²) in [6.45, 7) is 0.557. The van der Waals surface area contributed by atoms with E-state index < -0.39 is 5.92 Å². The minimum atomic E-state index is -0.478. The van der Waals surface area contributed by atoms with Crippen LogP contribution in [-0.2, 0) is 4.79 Å². The number of rotatable bonds is 2. The normalized spacial score (nSPS) is 25.2. The van der Waals surface area contributed by atoms with Gasteiger partial charge in [-0.1, -0.05) is 49.2 Å². The van der Waals surface area contributed by atoms with Gasteiger partial charge < -0.3 is 0 Å². The Labute approximate surface area is 157 Å². The zero-order valence-electron chi connectivity index (χ0n) is 14.7. The van der Waals surface area contributed by atoms with Crippen LogP contribution >= 0.6 is 11.8 Å². The van der Waals surface area contributed by atoms with E-state index in [2.05, 4.69) is 11.0 Å². The van der Waals surface area contributed by atoms with Gasteiger partial charge in [0.2, 0.25) is 5.91 Å². The van der Waals surface area contributed by atoms with Gasteiger partial charge in [-0.3, -0.25) is 14.6 Å². The quantitative estimate of drug-likeness (QED) is 0.783. The van der Waals surface area contributed by atoms with E-state index in [0.29, 0.717) is 23.8 Å². The maximum absolute atomic E-state index is 14.3. The van der Waals surface area contributed by atoms with Gasteiger partial charge in [-0.25, -0.2) is 4.39 Å². The lowest BCUT2D eigenvalue weighted by Crippen LogP contribution is -2.51. The van der Waals surface area contributed by atoms with E-state index in [-0.39, 0.29) is 18.1 Å². The van der Waals surface area contributed by atoms with Crippen molar-refractivity contribution in [2.45, 2.75) is 50.5 Å². The van der Waals surface area contributed by atoms with Gasteiger partial charge in [0, 0.05) is 18.4 Å². The van der Waals surface area contributed by atoms with Crippen LogP contribution in [-0.4, -0.2) is 34.3 Å². The van der Waals surface area contributed by atoms with Crippen molar-refractivity contribution in [2.75, 3.05) is 12.5 Å². The molecule has 0 unspecified atom stereocenters. The van der Waals surface area contributed by atoms with Crippen LogP contribution in [0, 0.1) is 17.1 Å². The van der Waals surface area contributed by atoms with Crippen LogP contribution in [0.5, 0.6) is 0 Å². The van der Waals surface area contributed by atoms with Crippen LogP contribution in [0.3, 0.4) is 0 Å². The third-order valence-corrected chi connectivity index (χ3v) is 6.86. The largest absolute Gasteiger partial charge is 0.292 e. The first-order chi connectivity index (χ1) is 12.7. The molecule has 3 aliphatic rings. The number of nitrogens with zero attached hydrogens (tertiary/aromatic N) is 3. The summed E-state index contributed by atoms with van der Waals surface area (Å²) in [5.41, 5.74) is 0.975. The molecule has 4 nitrogen and oxygen atoms in total. The van der Waals surface area contributed by atoms with Gasteiger partial charge >= 0.3 is 0 Å². The summed E-state index contributed by atoms with van der Waals surface area (Å²) in [5, 5.41) is 10.5. The number of hydrogen-bond acceptors (Lipinski definition) is 4. The molecule has 4 rings (SSSR count). The van der Waals surface area contributed by atoms with Crippen molar-refractivity contribution in [3.05, 3.63) is 46.2 Å². The minimum Gasteiger partial charge on any atom is -0.292 e. The Morgan fingerprint density at radius 3 is 2.69 bits per heavy atom. The standard InChI is InChI=1S/C20H22FN3OS/c21-18-9-5-4-8-15(18)16-10-19(25)24-12-23(14-6-2-1-3-7-14)13-26-20(24)17(16)11-22/h4-5,8-9,14,16H,1-3,6-7,10,12-13H2/t16-/m0/s1. The molecule has 26 heavy (non-hydrogen) atoms. The molecule has 1 aromatic carbocycles. The molecule has 1 saturated carbocycles. The summed E-state index contributed by atoms with van der Waals surface area (Å²) in [5.74, 6) is -0.0513. The van der Waals surface area contributed by atoms with E-state index in [1.807, 2.05) is 0 Å². The maximum atomic E-state index is 14.3. The van der Waals surface area contributed by atoms with Gasteiger partial charge in [0.25, 0.3) is 0 Å². The van der Waals surface area contributed by atoms with E-state index in [4.69, 9.17) is 0 Å². The Kier molecular flexibility index (Phi) is 5.01. The Bertz CT molecular complexity index is 782. The molecular weight excluding hydrogens is 349 g/mol. The number of carbonyl (C=O) groups is 1. The molecular formula is C20H22FN3OS. The smallest absolute Gasteiger partial charge is 0.229 e. The lowest BCUT2D eigenvalue weighted by molar-refractivity contribution is -0.132. The van der Waals surface area contributed by atoms with Gasteiger partial charge in [0.15, 0.2) is 0 Å². The summed E-state index contributed by atoms with van der Waals surface area (Å²) >= 11 is 1.56. The summed E-state index contributed by atoms with van der Waals surface area (Å²) in [6.07, 6.45) is 6.33. The highest BCUT2D eigenvalue weighted by molar-refractivity contribution is 8.03. The summed E-state index contributed by atoms with van der Waals surface area (Å²) in [4.78, 5) is 16.9. The van der Waals surface area contributed by atoms with Crippen LogP contribution in [0.15, 0.2) is 34.9 Å². The zero-order chi connectivity index (χ0) is 18.1. The van der Waals surface area contributed by atoms with Crippen LogP contribution in [0.4, 0.5) is 4.39 Å². The number of hydrogen-bond donors (Lipinski definition) is 0. The van der Waals surface area contributed by atoms with E-state index in [9.17, 15) is 14.4 Å². The van der Waals surface area contributed by atoms with Crippen molar-refractivity contribution >= 4 is 17.7 Å². The molecule has 1 atom stereocenters. The Morgan fingerprint density at radius 2 is 1.96 bits per heavy atom. The van der Waals surface area contributed by atoms with Crippen LogP contribution in [0.1, 0.15) is 50.0 Å². The van der Waals surface area contributed by atoms with Crippen molar-refractivity contribution in [2.24, 2.45) is 0 Å². The first kappa shape index (κ1) is 17.6. The third kappa shape index (κ3) is 3.15. The SMILES string of the molecule is N#CC1=C2SCN(C3CCCCC3)CN2C(=O)C[C@H]1c1ccccc1F. The summed E-state index contributed by atoms with van der Waals surface area (Å²) in [7, 11) is 0. The zero-order valence-corrected chi connectivity index (χ0v) is 15.5. The lowest BCUT2D eigenvalue weighted by Gasteiger charge is -2.44. The second kappa shape index (κ2) is 7.42. The molecule has 6 heteroatoms. The van der Waals surface area contributed by atoms with Gasteiger partial charge in [0.1, 0.15) is 5.82 Å². The van der Waals surface area contributed by atoms with Gasteiger partial charge in [-0.05, 0) is 24.5 Å². The first-order valence-corrected chi connectivity index (χ1v) is 10.2. The van der Waals surface area contributed by atoms with Crippen LogP contribution in [0.2, 0.25) is 0 Å². The number of halogens is 1. The van der Waals surface area contributed by atoms with E-state index in [1.165, 1.54) is 38.2 Å². The Balaban J connectivity index is 1.63. The predicted molar refractivity (Wildman–Crippen MR) is 99.3 cm³/mol. The summed E-state index contributed by atoms with van der Waals surface area (Å²) in [6, 6.07) is 9.27. The summed E-state index contributed by atoms with van der Waals surface area (Å²) < 4.78 is 14.3. The number of benzene rings is 1. The molecule has 0 radical (unpaired) electrons. The number of amides is 1. The molecule has 2 fully saturated rings. The van der Waals surface area contributed by atoms with Crippen LogP contribution in [0.25, 0.3) is 0 Å². The topological polar surface area (TPSA) is 47.3 Å². The number of carbonyl (C=O) groups excluding carboxylic acids is 1. The third-order valence-electron chi connectivity index (χ3n) is 5.69. The fourth-order valence-electron chi connectivity index (χ4n) is 4.28. The molecule has 0 N–H and O–H groups in total. The van der Waals surface area contributed by atoms with E-state index in [1.54, 1.807) is 34.9 Å². The first-order valence-electron chi connectivity index (χ1n) is 9.25. The molecule has 1 aliphatic carbocycles. The minimum absolute atomic E-state index is 0.0136. The molecule has 136 valence electrons. The molecule has 0 aromatic heterocycles. The fraction of sp³-hybridized carbons (Fsp3) is 0.500. The molecule has 1 amide bonds. The van der Waals surface area contributed by atoms with Crippen molar-refractivity contribution in [3.63, 3.8) is 0 Å². The number of nitriles is 1. The highest BCUT2D eigenvalue weighted by Crippen LogP contribution is 2.43. The van der Waals surface area contributed by atoms with Crippen LogP contribution < -0.4 is 0 Å². The number of fused-ring (bicyclic) bond motifs is 1. The number of thioether (sulfide) groups is 1. The Morgan fingerprint density at radius 1 is 1.19 bits per heavy atom. The maximum Gasteiger partial charge on any atom is 0.229 e. The van der Waals surface area contributed by atoms with Crippen molar-refractivity contribution in [1.29, 1.82) is 5.26 Å². The second-order valence-electron chi connectivity index (χ2n) is 7.23. The highest BCUT2D eigenvalue weighted by atomic mass is 32.2. The molecule has 2 heterocycles. The van der Waals surface area contributed by atoms with E-state index >= 15 is 0 Å². The fourth-order valence-corrected chi connectivity index (χ4v) is 5.52. The van der Waals surface area contributed by atoms with Gasteiger partial charge in [0.05, 0.1) is 29.2 Å². The monoisotopic (exact) mass is 371 g/mol. The van der Waals surface area contributed by atoms with Gasteiger partial charge in [-0.15, -0.1) is 0 Å². The molecule has 2 aliphatic heterocycles. The lowest BCUT2D eigenvalue weighted by atomic mass is 9.86. The molecule has 0 spiro atoms. The van der Waals surface area contributed by atoms with Crippen molar-refractivity contribution in [1.82, 2.24) is 9.80 Å². The molecule has 1 aromatic rings. The van der Waals surface area contributed by atoms with Gasteiger partial charge in [-0.2, -0.15) is 5.26 Å². The second-order valence-corrected chi connectivity index (χ2v) is 8.16. The number of allylic oxidation sites excluding steroid dienone is 1. The van der Waals surface area contributed by atoms with Crippen molar-refractivity contribution in [3.8, 4) is 6.07 Å². The average Bonchev–Trinajstić information content (AvgIpc) is 2.69. The van der Waals surface area contributed by atoms with E-state index in [0.717, 1.165) is 10.9 Å². The molecule has 1 saturated heterocycles. The highest BCUT2D eigenvalue weighted by Gasteiger charge is 2.40. The average molecular weight is 371 g/mol. The predicted octanol–water partition coefficient (Wildman–Crippen LogP) is 4.17. The Hall–Kier alpha value is -1.84. The van der Waals surface area contributed by atoms with Crippen molar-refractivity contribution < 1.29 is 9.18 Å². The molecule has 0 bridgehead atoms.